The van der Waals surface area contributed by atoms with Gasteiger partial charge in [-0.25, -0.2) is 0 Å². The highest BCUT2D eigenvalue weighted by atomic mass is 35.5. The molecule has 1 aliphatic heterocycles. The Morgan fingerprint density at radius 2 is 2.50 bits per heavy atom. The molecule has 1 heterocycles. The lowest BCUT2D eigenvalue weighted by Crippen LogP contribution is -2.04. The van der Waals surface area contributed by atoms with Gasteiger partial charge in [-0.05, 0) is 30.2 Å². The van der Waals surface area contributed by atoms with Gasteiger partial charge < -0.3 is 0 Å². The summed E-state index contributed by atoms with van der Waals surface area (Å²) >= 11 is 6.89. The molecule has 46 valence electrons. The van der Waals surface area contributed by atoms with Crippen LogP contribution >= 0.6 is 23.4 Å². The van der Waals surface area contributed by atoms with E-state index in [1.54, 1.807) is 11.8 Å². The lowest BCUT2D eigenvalue weighted by Gasteiger charge is -1.96. The Bertz CT molecular complexity index is 98.6. The second-order valence-corrected chi connectivity index (χ2v) is 3.49. The van der Waals surface area contributed by atoms with E-state index < -0.39 is 0 Å². The van der Waals surface area contributed by atoms with Crippen LogP contribution in [0.25, 0.3) is 0 Å². The fraction of sp³-hybridized carbons (Fsp3) is 0.800. The van der Waals surface area contributed by atoms with Crippen molar-refractivity contribution in [1.82, 2.24) is 0 Å². The monoisotopic (exact) mass is 150 g/mol. The van der Waals surface area contributed by atoms with Crippen LogP contribution in [0.2, 0.25) is 0 Å². The molecule has 0 aromatic heterocycles. The molecule has 8 heavy (non-hydrogen) atoms. The summed E-state index contributed by atoms with van der Waals surface area (Å²) in [7, 11) is 0. The summed E-state index contributed by atoms with van der Waals surface area (Å²) < 4.78 is 0. The highest BCUT2D eigenvalue weighted by Crippen LogP contribution is 2.27. The van der Waals surface area contributed by atoms with Crippen LogP contribution < -0.4 is 0 Å². The molecule has 1 saturated heterocycles. The van der Waals surface area contributed by atoms with Crippen LogP contribution in [-0.2, 0) is 4.79 Å². The normalized spacial score (nSPS) is 28.4. The molecule has 0 amide bonds. The average molecular weight is 151 g/mol. The first-order valence-corrected chi connectivity index (χ1v) is 4.04. The minimum Gasteiger partial charge on any atom is -0.280 e. The van der Waals surface area contributed by atoms with Gasteiger partial charge in [-0.2, -0.15) is 0 Å². The fourth-order valence-electron chi connectivity index (χ4n) is 0.757. The second-order valence-electron chi connectivity index (χ2n) is 1.81. The van der Waals surface area contributed by atoms with Crippen LogP contribution in [0.3, 0.4) is 0 Å². The van der Waals surface area contributed by atoms with Crippen molar-refractivity contribution in [3.8, 4) is 0 Å². The van der Waals surface area contributed by atoms with Crippen molar-refractivity contribution in [3.63, 3.8) is 0 Å². The second kappa shape index (κ2) is 2.74. The summed E-state index contributed by atoms with van der Waals surface area (Å²) in [6, 6.07) is 0. The molecule has 0 N–H and O–H groups in total. The van der Waals surface area contributed by atoms with Crippen LogP contribution in [0, 0.1) is 0 Å². The highest BCUT2D eigenvalue weighted by molar-refractivity contribution is 8.01. The summed E-state index contributed by atoms with van der Waals surface area (Å²) in [5.74, 6) is 1.10. The molecule has 1 atom stereocenters. The summed E-state index contributed by atoms with van der Waals surface area (Å²) in [4.78, 5) is 10.4. The first kappa shape index (κ1) is 6.43. The minimum absolute atomic E-state index is 0.108. The van der Waals surface area contributed by atoms with E-state index in [9.17, 15) is 4.79 Å². The van der Waals surface area contributed by atoms with Crippen LogP contribution in [0.15, 0.2) is 0 Å². The van der Waals surface area contributed by atoms with E-state index in [4.69, 9.17) is 11.6 Å². The first-order valence-electron chi connectivity index (χ1n) is 2.61. The molecule has 0 saturated carbocycles. The van der Waals surface area contributed by atoms with Crippen LogP contribution in [0.5, 0.6) is 0 Å². The van der Waals surface area contributed by atoms with E-state index in [-0.39, 0.29) is 10.5 Å². The average Bonchev–Trinajstić information content (AvgIpc) is 2.12. The van der Waals surface area contributed by atoms with Crippen molar-refractivity contribution >= 4 is 28.6 Å². The maximum absolute atomic E-state index is 10.4. The summed E-state index contributed by atoms with van der Waals surface area (Å²) in [5, 5.41) is -0.0656. The number of carbonyl (C=O) groups excluding carboxylic acids is 1. The quantitative estimate of drug-likeness (QED) is 0.529. The molecule has 0 aromatic rings. The number of thioether (sulfide) groups is 1. The van der Waals surface area contributed by atoms with Crippen LogP contribution in [0.1, 0.15) is 12.8 Å². The molecule has 0 bridgehead atoms. The van der Waals surface area contributed by atoms with Crippen molar-refractivity contribution in [3.05, 3.63) is 0 Å². The van der Waals surface area contributed by atoms with Crippen molar-refractivity contribution in [2.45, 2.75) is 18.1 Å². The first-order chi connectivity index (χ1) is 3.80. The maximum Gasteiger partial charge on any atom is 0.234 e. The zero-order chi connectivity index (χ0) is 5.98. The molecule has 1 fully saturated rings. The van der Waals surface area contributed by atoms with Gasteiger partial charge in [-0.1, -0.05) is 0 Å². The van der Waals surface area contributed by atoms with Gasteiger partial charge >= 0.3 is 0 Å². The lowest BCUT2D eigenvalue weighted by atomic mass is 10.3. The molecule has 0 aliphatic carbocycles. The van der Waals surface area contributed by atoms with E-state index in [2.05, 4.69) is 0 Å². The van der Waals surface area contributed by atoms with Crippen molar-refractivity contribution < 1.29 is 4.79 Å². The zero-order valence-corrected chi connectivity index (χ0v) is 5.97. The van der Waals surface area contributed by atoms with Crippen LogP contribution in [-0.4, -0.2) is 16.2 Å². The van der Waals surface area contributed by atoms with Gasteiger partial charge in [0.2, 0.25) is 5.24 Å². The highest BCUT2D eigenvalue weighted by Gasteiger charge is 2.20. The Labute approximate surface area is 57.8 Å². The smallest absolute Gasteiger partial charge is 0.234 e. The number of hydrogen-bond acceptors (Lipinski definition) is 2. The van der Waals surface area contributed by atoms with Crippen molar-refractivity contribution in [1.29, 1.82) is 0 Å². The Hall–Kier alpha value is 0.310. The molecular weight excluding hydrogens is 144 g/mol. The molecule has 1 nitrogen and oxygen atoms in total. The van der Waals surface area contributed by atoms with Crippen molar-refractivity contribution in [2.24, 2.45) is 0 Å². The molecule has 1 rings (SSSR count). The molecule has 0 radical (unpaired) electrons. The van der Waals surface area contributed by atoms with E-state index in [0.717, 1.165) is 18.6 Å². The summed E-state index contributed by atoms with van der Waals surface area (Å²) in [6.45, 7) is 0. The van der Waals surface area contributed by atoms with Gasteiger partial charge in [0, 0.05) is 0 Å². The van der Waals surface area contributed by atoms with Crippen LogP contribution in [0.4, 0.5) is 0 Å². The minimum atomic E-state index is -0.174. The molecule has 3 heteroatoms. The van der Waals surface area contributed by atoms with Gasteiger partial charge in [-0.3, -0.25) is 4.79 Å². The maximum atomic E-state index is 10.4. The zero-order valence-electron chi connectivity index (χ0n) is 4.39. The van der Waals surface area contributed by atoms with E-state index >= 15 is 0 Å². The summed E-state index contributed by atoms with van der Waals surface area (Å²) in [5.41, 5.74) is 0. The Kier molecular flexibility index (Phi) is 2.20. The third kappa shape index (κ3) is 1.39. The predicted octanol–water partition coefficient (Wildman–Crippen LogP) is 1.65. The standard InChI is InChI=1S/C5H7ClOS/c6-5(7)4-2-1-3-8-4/h4H,1-3H2. The molecular formula is C5H7ClOS. The van der Waals surface area contributed by atoms with Gasteiger partial charge in [0.1, 0.15) is 0 Å². The number of hydrogen-bond donors (Lipinski definition) is 0. The molecule has 0 spiro atoms. The Morgan fingerprint density at radius 3 is 2.75 bits per heavy atom. The SMILES string of the molecule is O=C(Cl)C1CCCS1. The Morgan fingerprint density at radius 1 is 1.75 bits per heavy atom. The predicted molar refractivity (Wildman–Crippen MR) is 36.3 cm³/mol. The van der Waals surface area contributed by atoms with Gasteiger partial charge in [0.25, 0.3) is 0 Å². The van der Waals surface area contributed by atoms with Gasteiger partial charge in [0.15, 0.2) is 0 Å². The topological polar surface area (TPSA) is 17.1 Å². The largest absolute Gasteiger partial charge is 0.280 e. The summed E-state index contributed by atoms with van der Waals surface area (Å²) in [6.07, 6.45) is 2.13. The van der Waals surface area contributed by atoms with E-state index in [1.165, 1.54) is 0 Å². The number of halogens is 1. The molecule has 0 aromatic carbocycles. The lowest BCUT2D eigenvalue weighted by molar-refractivity contribution is -0.111. The van der Waals surface area contributed by atoms with E-state index in [0.29, 0.717) is 0 Å². The number of carbonyl (C=O) groups is 1. The third-order valence-corrected chi connectivity index (χ3v) is 2.95. The van der Waals surface area contributed by atoms with Crippen molar-refractivity contribution in [2.75, 3.05) is 5.75 Å². The molecule has 1 aliphatic rings. The fourth-order valence-corrected chi connectivity index (χ4v) is 2.14. The van der Waals surface area contributed by atoms with Gasteiger partial charge in [0.05, 0.1) is 5.25 Å². The number of rotatable bonds is 1. The Balaban J connectivity index is 2.35. The van der Waals surface area contributed by atoms with E-state index in [1.807, 2.05) is 0 Å². The third-order valence-electron chi connectivity index (χ3n) is 1.18. The van der Waals surface area contributed by atoms with Gasteiger partial charge in [-0.15, -0.1) is 11.8 Å². The molecule has 1 unspecified atom stereocenters.